The topological polar surface area (TPSA) is 70.2 Å². The Morgan fingerprint density at radius 1 is 1.58 bits per heavy atom. The Labute approximate surface area is 121 Å². The summed E-state index contributed by atoms with van der Waals surface area (Å²) in [5, 5.41) is 19.7. The number of hydrogen-bond acceptors (Lipinski definition) is 4. The number of benzene rings is 1. The molecule has 1 aromatic carbocycles. The number of nitriles is 1. The van der Waals surface area contributed by atoms with Gasteiger partial charge in [0, 0.05) is 19.2 Å². The number of hydrogen-bond donors (Lipinski definition) is 0. The number of halogens is 1. The first-order valence-electron chi connectivity index (χ1n) is 6.02. The van der Waals surface area contributed by atoms with Crippen molar-refractivity contribution in [3.8, 4) is 6.07 Å². The Morgan fingerprint density at radius 3 is 2.79 bits per heavy atom. The molecule has 1 aromatic rings. The summed E-state index contributed by atoms with van der Waals surface area (Å²) in [7, 11) is 0. The first kappa shape index (κ1) is 15.6. The molecule has 19 heavy (non-hydrogen) atoms. The Kier molecular flexibility index (Phi) is 5.93. The van der Waals surface area contributed by atoms with Crippen LogP contribution in [0.5, 0.6) is 0 Å². The molecule has 6 heteroatoms. The molecule has 1 unspecified atom stereocenters. The van der Waals surface area contributed by atoms with Gasteiger partial charge in [-0.3, -0.25) is 15.0 Å². The molecule has 0 N–H and O–H groups in total. The molecule has 0 spiro atoms. The van der Waals surface area contributed by atoms with Crippen molar-refractivity contribution >= 4 is 21.6 Å². The van der Waals surface area contributed by atoms with Crippen LogP contribution in [0.25, 0.3) is 0 Å². The zero-order valence-corrected chi connectivity index (χ0v) is 12.6. The molecular weight excluding hydrogens is 310 g/mol. The highest BCUT2D eigenvalue weighted by Crippen LogP contribution is 2.26. The van der Waals surface area contributed by atoms with E-state index in [1.54, 1.807) is 12.1 Å². The average Bonchev–Trinajstić information content (AvgIpc) is 2.39. The Hall–Kier alpha value is -1.45. The molecule has 0 saturated carbocycles. The van der Waals surface area contributed by atoms with Crippen LogP contribution in [0.3, 0.4) is 0 Å². The minimum absolute atomic E-state index is 0.0506. The average molecular weight is 326 g/mol. The molecule has 0 bridgehead atoms. The first-order chi connectivity index (χ1) is 8.97. The summed E-state index contributed by atoms with van der Waals surface area (Å²) in [6, 6.07) is 7.32. The fourth-order valence-electron chi connectivity index (χ4n) is 1.79. The molecule has 0 amide bonds. The molecule has 0 heterocycles. The van der Waals surface area contributed by atoms with Crippen molar-refractivity contribution in [3.63, 3.8) is 0 Å². The lowest BCUT2D eigenvalue weighted by Crippen LogP contribution is -2.27. The quantitative estimate of drug-likeness (QED) is 0.594. The third kappa shape index (κ3) is 4.62. The molecule has 1 atom stereocenters. The van der Waals surface area contributed by atoms with Crippen LogP contribution >= 0.6 is 15.9 Å². The van der Waals surface area contributed by atoms with Crippen molar-refractivity contribution in [3.05, 3.63) is 38.3 Å². The Balaban J connectivity index is 2.83. The van der Waals surface area contributed by atoms with Gasteiger partial charge in [0.1, 0.15) is 0 Å². The molecule has 1 rings (SSSR count). The minimum atomic E-state index is -0.401. The van der Waals surface area contributed by atoms with Crippen molar-refractivity contribution < 1.29 is 4.92 Å². The van der Waals surface area contributed by atoms with Gasteiger partial charge in [0.15, 0.2) is 0 Å². The summed E-state index contributed by atoms with van der Waals surface area (Å²) in [5.74, 6) is -0.0506. The largest absolute Gasteiger partial charge is 0.298 e. The first-order valence-corrected chi connectivity index (χ1v) is 6.82. The summed E-state index contributed by atoms with van der Waals surface area (Å²) in [5.41, 5.74) is 0.948. The van der Waals surface area contributed by atoms with Gasteiger partial charge in [-0.15, -0.1) is 0 Å². The fourth-order valence-corrected chi connectivity index (χ4v) is 2.18. The highest BCUT2D eigenvalue weighted by atomic mass is 79.9. The molecule has 0 aliphatic rings. The summed E-state index contributed by atoms with van der Waals surface area (Å²) >= 11 is 3.17. The summed E-state index contributed by atoms with van der Waals surface area (Å²) in [6.07, 6.45) is 0. The van der Waals surface area contributed by atoms with E-state index in [9.17, 15) is 10.1 Å². The summed E-state index contributed by atoms with van der Waals surface area (Å²) in [6.45, 7) is 5.95. The number of nitro groups is 1. The second-order valence-corrected chi connectivity index (χ2v) is 5.26. The lowest BCUT2D eigenvalue weighted by molar-refractivity contribution is -0.385. The van der Waals surface area contributed by atoms with Gasteiger partial charge < -0.3 is 0 Å². The van der Waals surface area contributed by atoms with Crippen LogP contribution < -0.4 is 0 Å². The van der Waals surface area contributed by atoms with E-state index in [4.69, 9.17) is 5.26 Å². The molecule has 0 aromatic heterocycles. The van der Waals surface area contributed by atoms with Crippen LogP contribution in [-0.2, 0) is 6.54 Å². The van der Waals surface area contributed by atoms with E-state index in [1.807, 2.05) is 19.9 Å². The third-order valence-corrected chi connectivity index (χ3v) is 3.48. The van der Waals surface area contributed by atoms with Gasteiger partial charge in [-0.25, -0.2) is 0 Å². The fraction of sp³-hybridized carbons (Fsp3) is 0.462. The summed E-state index contributed by atoms with van der Waals surface area (Å²) < 4.78 is 0.481. The maximum atomic E-state index is 10.9. The van der Waals surface area contributed by atoms with E-state index >= 15 is 0 Å². The predicted octanol–water partition coefficient (Wildman–Crippen LogP) is 3.34. The lowest BCUT2D eigenvalue weighted by Gasteiger charge is -2.21. The Bertz CT molecular complexity index is 499. The zero-order valence-electron chi connectivity index (χ0n) is 11.0. The van der Waals surface area contributed by atoms with Crippen LogP contribution in [0.15, 0.2) is 22.7 Å². The second kappa shape index (κ2) is 7.22. The van der Waals surface area contributed by atoms with Gasteiger partial charge in [-0.1, -0.05) is 13.0 Å². The van der Waals surface area contributed by atoms with E-state index < -0.39 is 4.92 Å². The van der Waals surface area contributed by atoms with Gasteiger partial charge in [0.25, 0.3) is 5.69 Å². The highest BCUT2D eigenvalue weighted by Gasteiger charge is 2.14. The van der Waals surface area contributed by atoms with Crippen LogP contribution in [0.4, 0.5) is 5.69 Å². The molecule has 102 valence electrons. The van der Waals surface area contributed by atoms with Crippen LogP contribution in [0.2, 0.25) is 0 Å². The molecule has 0 fully saturated rings. The smallest absolute Gasteiger partial charge is 0.283 e. The molecule has 0 saturated heterocycles. The van der Waals surface area contributed by atoms with Gasteiger partial charge in [0.2, 0.25) is 0 Å². The monoisotopic (exact) mass is 325 g/mol. The lowest BCUT2D eigenvalue weighted by atomic mass is 10.1. The van der Waals surface area contributed by atoms with E-state index in [0.717, 1.165) is 12.1 Å². The number of nitrogens with zero attached hydrogens (tertiary/aromatic N) is 3. The van der Waals surface area contributed by atoms with Gasteiger partial charge >= 0.3 is 0 Å². The molecule has 5 nitrogen and oxygen atoms in total. The van der Waals surface area contributed by atoms with Crippen LogP contribution in [0, 0.1) is 27.4 Å². The van der Waals surface area contributed by atoms with E-state index in [2.05, 4.69) is 26.9 Å². The van der Waals surface area contributed by atoms with Crippen molar-refractivity contribution in [2.24, 2.45) is 5.92 Å². The molecule has 0 radical (unpaired) electrons. The van der Waals surface area contributed by atoms with Crippen LogP contribution in [0.1, 0.15) is 19.4 Å². The number of nitro benzene ring substituents is 1. The molecule has 0 aliphatic heterocycles. The van der Waals surface area contributed by atoms with E-state index in [1.165, 1.54) is 0 Å². The van der Waals surface area contributed by atoms with E-state index in [-0.39, 0.29) is 11.6 Å². The second-order valence-electron chi connectivity index (χ2n) is 4.40. The molecular formula is C13H16BrN3O2. The maximum Gasteiger partial charge on any atom is 0.283 e. The predicted molar refractivity (Wildman–Crippen MR) is 76.5 cm³/mol. The van der Waals surface area contributed by atoms with Crippen molar-refractivity contribution in [1.82, 2.24) is 4.90 Å². The van der Waals surface area contributed by atoms with Crippen molar-refractivity contribution in [2.45, 2.75) is 20.4 Å². The minimum Gasteiger partial charge on any atom is -0.298 e. The van der Waals surface area contributed by atoms with Gasteiger partial charge in [0.05, 0.1) is 21.4 Å². The third-order valence-electron chi connectivity index (χ3n) is 2.81. The van der Waals surface area contributed by atoms with Crippen molar-refractivity contribution in [1.29, 1.82) is 5.26 Å². The SMILES string of the molecule is CCN(Cc1ccc(Br)c([N+](=O)[O-])c1)CC(C)C#N. The summed E-state index contributed by atoms with van der Waals surface area (Å²) in [4.78, 5) is 12.6. The number of rotatable bonds is 6. The van der Waals surface area contributed by atoms with E-state index in [0.29, 0.717) is 17.6 Å². The normalized spacial score (nSPS) is 12.2. The highest BCUT2D eigenvalue weighted by molar-refractivity contribution is 9.10. The molecule has 0 aliphatic carbocycles. The Morgan fingerprint density at radius 2 is 2.26 bits per heavy atom. The van der Waals surface area contributed by atoms with Gasteiger partial charge in [-0.2, -0.15) is 5.26 Å². The zero-order chi connectivity index (χ0) is 14.4. The standard InChI is InChI=1S/C13H16BrN3O2/c1-3-16(8-10(2)7-15)9-11-4-5-12(14)13(6-11)17(18)19/h4-6,10H,3,8-9H2,1-2H3. The van der Waals surface area contributed by atoms with Crippen LogP contribution in [-0.4, -0.2) is 22.9 Å². The van der Waals surface area contributed by atoms with Crippen molar-refractivity contribution in [2.75, 3.05) is 13.1 Å². The van der Waals surface area contributed by atoms with Gasteiger partial charge in [-0.05, 0) is 41.0 Å². The maximum absolute atomic E-state index is 10.9.